The van der Waals surface area contributed by atoms with Gasteiger partial charge in [-0.25, -0.2) is 9.97 Å². The molecule has 0 radical (unpaired) electrons. The van der Waals surface area contributed by atoms with Gasteiger partial charge in [0.05, 0.1) is 4.92 Å². The molecule has 0 unspecified atom stereocenters. The van der Waals surface area contributed by atoms with E-state index in [1.54, 1.807) is 24.0 Å². The Bertz CT molecular complexity index is 1220. The minimum absolute atomic E-state index is 0.0322. The highest BCUT2D eigenvalue weighted by atomic mass is 16.6. The van der Waals surface area contributed by atoms with Gasteiger partial charge >= 0.3 is 0 Å². The van der Waals surface area contributed by atoms with Crippen molar-refractivity contribution in [2.75, 3.05) is 31.1 Å². The van der Waals surface area contributed by atoms with Crippen molar-refractivity contribution in [2.45, 2.75) is 27.7 Å². The SMILES string of the molecule is Cc1ccc(-c2nc(C)c(C)c(N3CCN(C(=O)c4ccc(C)c([N+](=O)[O-])c4)CC3)n2)cc1. The van der Waals surface area contributed by atoms with Crippen molar-refractivity contribution in [1.29, 1.82) is 0 Å². The monoisotopic (exact) mass is 445 g/mol. The third-order valence-electron chi connectivity index (χ3n) is 6.19. The molecule has 1 saturated heterocycles. The Kier molecular flexibility index (Phi) is 6.09. The number of nitro groups is 1. The highest BCUT2D eigenvalue weighted by molar-refractivity contribution is 5.95. The number of hydrogen-bond acceptors (Lipinski definition) is 6. The van der Waals surface area contributed by atoms with Crippen LogP contribution in [-0.2, 0) is 0 Å². The van der Waals surface area contributed by atoms with Gasteiger partial charge in [0.25, 0.3) is 11.6 Å². The van der Waals surface area contributed by atoms with Crippen LogP contribution in [0.2, 0.25) is 0 Å². The van der Waals surface area contributed by atoms with Gasteiger partial charge in [-0.15, -0.1) is 0 Å². The van der Waals surface area contributed by atoms with Crippen LogP contribution in [0.5, 0.6) is 0 Å². The number of amides is 1. The Morgan fingerprint density at radius 1 is 0.939 bits per heavy atom. The van der Waals surface area contributed by atoms with Gasteiger partial charge in [0.1, 0.15) is 5.82 Å². The smallest absolute Gasteiger partial charge is 0.273 e. The average Bonchev–Trinajstić information content (AvgIpc) is 2.81. The summed E-state index contributed by atoms with van der Waals surface area (Å²) in [6.07, 6.45) is 0. The first kappa shape index (κ1) is 22.4. The predicted octanol–water partition coefficient (Wildman–Crippen LogP) is 4.25. The maximum atomic E-state index is 13.0. The Morgan fingerprint density at radius 2 is 1.61 bits per heavy atom. The van der Waals surface area contributed by atoms with Crippen LogP contribution in [0.4, 0.5) is 11.5 Å². The number of nitrogens with zero attached hydrogens (tertiary/aromatic N) is 5. The number of aryl methyl sites for hydroxylation is 3. The maximum Gasteiger partial charge on any atom is 0.273 e. The molecule has 3 aromatic rings. The van der Waals surface area contributed by atoms with Crippen LogP contribution in [-0.4, -0.2) is 51.9 Å². The van der Waals surface area contributed by atoms with E-state index in [1.165, 1.54) is 11.6 Å². The minimum Gasteiger partial charge on any atom is -0.353 e. The number of piperazine rings is 1. The van der Waals surface area contributed by atoms with E-state index >= 15 is 0 Å². The third kappa shape index (κ3) is 4.55. The van der Waals surface area contributed by atoms with Crippen LogP contribution in [0, 0.1) is 37.8 Å². The first-order valence-corrected chi connectivity index (χ1v) is 11.0. The Labute approximate surface area is 193 Å². The average molecular weight is 446 g/mol. The quantitative estimate of drug-likeness (QED) is 0.440. The lowest BCUT2D eigenvalue weighted by Crippen LogP contribution is -2.49. The third-order valence-corrected chi connectivity index (χ3v) is 6.19. The number of benzene rings is 2. The second-order valence-electron chi connectivity index (χ2n) is 8.48. The number of hydrogen-bond donors (Lipinski definition) is 0. The van der Waals surface area contributed by atoms with Gasteiger partial charge in [-0.05, 0) is 33.8 Å². The molecule has 0 saturated carbocycles. The molecule has 0 atom stereocenters. The molecule has 1 amide bonds. The van der Waals surface area contributed by atoms with Crippen molar-refractivity contribution in [3.8, 4) is 11.4 Å². The molecule has 0 spiro atoms. The van der Waals surface area contributed by atoms with E-state index in [2.05, 4.69) is 9.88 Å². The number of nitro benzene ring substituents is 1. The van der Waals surface area contributed by atoms with Crippen LogP contribution in [0.1, 0.15) is 32.7 Å². The molecule has 33 heavy (non-hydrogen) atoms. The molecule has 8 nitrogen and oxygen atoms in total. The topological polar surface area (TPSA) is 92.5 Å². The zero-order valence-corrected chi connectivity index (χ0v) is 19.3. The van der Waals surface area contributed by atoms with Crippen molar-refractivity contribution < 1.29 is 9.72 Å². The van der Waals surface area contributed by atoms with Crippen molar-refractivity contribution >= 4 is 17.4 Å². The first-order valence-electron chi connectivity index (χ1n) is 11.0. The molecular weight excluding hydrogens is 418 g/mol. The largest absolute Gasteiger partial charge is 0.353 e. The molecule has 0 aliphatic carbocycles. The number of carbonyl (C=O) groups excluding carboxylic acids is 1. The van der Waals surface area contributed by atoms with E-state index < -0.39 is 4.92 Å². The van der Waals surface area contributed by atoms with Crippen molar-refractivity contribution in [1.82, 2.24) is 14.9 Å². The summed E-state index contributed by atoms with van der Waals surface area (Å²) in [6, 6.07) is 12.8. The Balaban J connectivity index is 1.52. The summed E-state index contributed by atoms with van der Waals surface area (Å²) in [5, 5.41) is 11.2. The fraction of sp³-hybridized carbons (Fsp3) is 0.320. The molecule has 2 aromatic carbocycles. The van der Waals surface area contributed by atoms with Gasteiger partial charge in [0, 0.05) is 60.2 Å². The van der Waals surface area contributed by atoms with E-state index in [4.69, 9.17) is 4.98 Å². The molecule has 4 rings (SSSR count). The van der Waals surface area contributed by atoms with Gasteiger partial charge in [-0.2, -0.15) is 0 Å². The highest BCUT2D eigenvalue weighted by Gasteiger charge is 2.26. The number of aromatic nitrogens is 2. The van der Waals surface area contributed by atoms with Crippen LogP contribution >= 0.6 is 0 Å². The molecule has 2 heterocycles. The molecule has 170 valence electrons. The fourth-order valence-electron chi connectivity index (χ4n) is 4.00. The van der Waals surface area contributed by atoms with E-state index in [9.17, 15) is 14.9 Å². The molecule has 0 bridgehead atoms. The molecule has 8 heteroatoms. The van der Waals surface area contributed by atoms with Crippen LogP contribution in [0.15, 0.2) is 42.5 Å². The molecule has 1 fully saturated rings. The van der Waals surface area contributed by atoms with E-state index in [1.807, 2.05) is 45.0 Å². The van der Waals surface area contributed by atoms with Crippen LogP contribution in [0.25, 0.3) is 11.4 Å². The predicted molar refractivity (Wildman–Crippen MR) is 128 cm³/mol. The summed E-state index contributed by atoms with van der Waals surface area (Å²) in [5.41, 5.74) is 4.97. The lowest BCUT2D eigenvalue weighted by atomic mass is 10.1. The minimum atomic E-state index is -0.449. The maximum absolute atomic E-state index is 13.0. The molecule has 1 aliphatic heterocycles. The summed E-state index contributed by atoms with van der Waals surface area (Å²) in [5.74, 6) is 1.39. The fourth-order valence-corrected chi connectivity index (χ4v) is 4.00. The van der Waals surface area contributed by atoms with E-state index in [-0.39, 0.29) is 11.6 Å². The van der Waals surface area contributed by atoms with Crippen molar-refractivity contribution in [3.63, 3.8) is 0 Å². The van der Waals surface area contributed by atoms with Gasteiger partial charge in [-0.3, -0.25) is 14.9 Å². The number of anilines is 1. The molecule has 0 N–H and O–H groups in total. The van der Waals surface area contributed by atoms with E-state index in [0.717, 1.165) is 22.6 Å². The van der Waals surface area contributed by atoms with Crippen molar-refractivity contribution in [2.24, 2.45) is 0 Å². The summed E-state index contributed by atoms with van der Waals surface area (Å²) in [4.78, 5) is 37.2. The summed E-state index contributed by atoms with van der Waals surface area (Å²) >= 11 is 0. The first-order chi connectivity index (χ1) is 15.7. The number of carbonyl (C=O) groups is 1. The molecular formula is C25H27N5O3. The Hall–Kier alpha value is -3.81. The molecule has 1 aromatic heterocycles. The zero-order chi connectivity index (χ0) is 23.7. The second kappa shape index (κ2) is 8.97. The standard InChI is InChI=1S/C25H27N5O3/c1-16-5-8-20(9-6-16)23-26-19(4)18(3)24(27-23)28-11-13-29(14-12-28)25(31)21-10-7-17(2)22(15-21)30(32)33/h5-10,15H,11-14H2,1-4H3. The second-order valence-corrected chi connectivity index (χ2v) is 8.48. The lowest BCUT2D eigenvalue weighted by molar-refractivity contribution is -0.385. The number of rotatable bonds is 4. The van der Waals surface area contributed by atoms with E-state index in [0.29, 0.717) is 43.1 Å². The summed E-state index contributed by atoms with van der Waals surface area (Å²) < 4.78 is 0. The highest BCUT2D eigenvalue weighted by Crippen LogP contribution is 2.26. The van der Waals surface area contributed by atoms with Gasteiger partial charge < -0.3 is 9.80 Å². The summed E-state index contributed by atoms with van der Waals surface area (Å²) in [6.45, 7) is 10.0. The van der Waals surface area contributed by atoms with Gasteiger partial charge in [0.15, 0.2) is 5.82 Å². The normalized spacial score (nSPS) is 13.8. The van der Waals surface area contributed by atoms with Gasteiger partial charge in [0.2, 0.25) is 0 Å². The molecule has 1 aliphatic rings. The lowest BCUT2D eigenvalue weighted by Gasteiger charge is -2.36. The summed E-state index contributed by atoms with van der Waals surface area (Å²) in [7, 11) is 0. The van der Waals surface area contributed by atoms with Crippen molar-refractivity contribution in [3.05, 3.63) is 80.5 Å². The van der Waals surface area contributed by atoms with Crippen LogP contribution in [0.3, 0.4) is 0 Å². The zero-order valence-electron chi connectivity index (χ0n) is 19.3. The van der Waals surface area contributed by atoms with Gasteiger partial charge in [-0.1, -0.05) is 35.9 Å². The Morgan fingerprint density at radius 3 is 2.24 bits per heavy atom. The van der Waals surface area contributed by atoms with Crippen LogP contribution < -0.4 is 4.90 Å².